The molecule has 2 heterocycles. The third-order valence-electron chi connectivity index (χ3n) is 6.38. The molecule has 23 heavy (non-hydrogen) atoms. The van der Waals surface area contributed by atoms with E-state index in [1.807, 2.05) is 20.8 Å². The Morgan fingerprint density at radius 2 is 1.96 bits per heavy atom. The van der Waals surface area contributed by atoms with Crippen LogP contribution in [0, 0.1) is 16.2 Å². The summed E-state index contributed by atoms with van der Waals surface area (Å²) in [6, 6.07) is 0. The molecule has 2 aliphatic heterocycles. The van der Waals surface area contributed by atoms with E-state index in [9.17, 15) is 4.79 Å². The third-order valence-corrected chi connectivity index (χ3v) is 6.38. The molecule has 3 nitrogen and oxygen atoms in total. The number of carbonyl (C=O) groups excluding carboxylic acids is 1. The summed E-state index contributed by atoms with van der Waals surface area (Å²) < 4.78 is 12.6. The standard InChI is InChI=1S/C20H32O3/c1-13-10-20-12-18(5,6)11-15(22-16(21)17(2,3)4)19(20,7)9-8-14(13)23-20/h14-15H,1,8-12H2,2-7H3/t14-,15+,19+,20+/m1/s1. The quantitative estimate of drug-likeness (QED) is 0.521. The largest absolute Gasteiger partial charge is 0.461 e. The molecule has 0 aromatic carbocycles. The highest BCUT2D eigenvalue weighted by molar-refractivity contribution is 5.75. The van der Waals surface area contributed by atoms with Gasteiger partial charge < -0.3 is 9.47 Å². The molecule has 130 valence electrons. The Balaban J connectivity index is 1.96. The Labute approximate surface area is 140 Å². The average molecular weight is 320 g/mol. The van der Waals surface area contributed by atoms with Crippen LogP contribution in [0.25, 0.3) is 0 Å². The van der Waals surface area contributed by atoms with Crippen molar-refractivity contribution in [2.45, 2.75) is 91.5 Å². The van der Waals surface area contributed by atoms with Gasteiger partial charge >= 0.3 is 5.97 Å². The van der Waals surface area contributed by atoms with Gasteiger partial charge in [0.1, 0.15) is 6.10 Å². The van der Waals surface area contributed by atoms with E-state index in [1.54, 1.807) is 0 Å². The summed E-state index contributed by atoms with van der Waals surface area (Å²) in [7, 11) is 0. The van der Waals surface area contributed by atoms with Crippen molar-refractivity contribution in [1.82, 2.24) is 0 Å². The van der Waals surface area contributed by atoms with Gasteiger partial charge in [-0.1, -0.05) is 27.4 Å². The molecule has 3 fully saturated rings. The molecule has 4 atom stereocenters. The molecule has 3 rings (SSSR count). The molecule has 0 aromatic rings. The molecule has 0 amide bonds. The van der Waals surface area contributed by atoms with Gasteiger partial charge in [-0.05, 0) is 57.4 Å². The fraction of sp³-hybridized carbons (Fsp3) is 0.850. The lowest BCUT2D eigenvalue weighted by Crippen LogP contribution is -2.62. The van der Waals surface area contributed by atoms with E-state index >= 15 is 0 Å². The van der Waals surface area contributed by atoms with Crippen LogP contribution >= 0.6 is 0 Å². The molecule has 1 saturated carbocycles. The Kier molecular flexibility index (Phi) is 3.58. The summed E-state index contributed by atoms with van der Waals surface area (Å²) in [6.07, 6.45) is 5.03. The molecule has 3 aliphatic rings. The number of ether oxygens (including phenoxy) is 2. The van der Waals surface area contributed by atoms with Crippen LogP contribution in [0.1, 0.15) is 73.6 Å². The SMILES string of the molecule is C=C1C[C@]23CC(C)(C)C[C@H](OC(=O)C(C)(C)C)[C@]2(C)CC[C@H]1O3. The lowest BCUT2D eigenvalue weighted by molar-refractivity contribution is -0.248. The lowest BCUT2D eigenvalue weighted by atomic mass is 9.53. The Bertz CT molecular complexity index is 542. The van der Waals surface area contributed by atoms with E-state index in [0.717, 1.165) is 32.1 Å². The minimum absolute atomic E-state index is 0.0789. The highest BCUT2D eigenvalue weighted by Gasteiger charge is 2.66. The maximum Gasteiger partial charge on any atom is 0.311 e. The predicted octanol–water partition coefficient (Wildman–Crippen LogP) is 4.65. The number of esters is 1. The van der Waals surface area contributed by atoms with E-state index < -0.39 is 5.41 Å². The molecule has 2 saturated heterocycles. The topological polar surface area (TPSA) is 35.5 Å². The van der Waals surface area contributed by atoms with Crippen molar-refractivity contribution in [3.8, 4) is 0 Å². The first-order valence-electron chi connectivity index (χ1n) is 8.95. The normalized spacial score (nSPS) is 42.3. The molecule has 0 aromatic heterocycles. The van der Waals surface area contributed by atoms with Crippen molar-refractivity contribution in [2.24, 2.45) is 16.2 Å². The summed E-state index contributed by atoms with van der Waals surface area (Å²) in [5.41, 5.74) is 0.543. The van der Waals surface area contributed by atoms with Crippen LogP contribution in [-0.4, -0.2) is 23.8 Å². The Hall–Kier alpha value is -0.830. The first-order chi connectivity index (χ1) is 10.4. The van der Waals surface area contributed by atoms with Crippen LogP contribution in [0.5, 0.6) is 0 Å². The fourth-order valence-corrected chi connectivity index (χ4v) is 4.95. The zero-order valence-corrected chi connectivity index (χ0v) is 15.6. The second kappa shape index (κ2) is 4.84. The fourth-order valence-electron chi connectivity index (χ4n) is 4.95. The minimum Gasteiger partial charge on any atom is -0.461 e. The van der Waals surface area contributed by atoms with Crippen molar-refractivity contribution >= 4 is 5.97 Å². The summed E-state index contributed by atoms with van der Waals surface area (Å²) in [5, 5.41) is 0. The van der Waals surface area contributed by atoms with E-state index in [4.69, 9.17) is 9.47 Å². The smallest absolute Gasteiger partial charge is 0.311 e. The zero-order valence-electron chi connectivity index (χ0n) is 15.6. The van der Waals surface area contributed by atoms with Crippen molar-refractivity contribution in [3.63, 3.8) is 0 Å². The lowest BCUT2D eigenvalue weighted by Gasteiger charge is -2.59. The summed E-state index contributed by atoms with van der Waals surface area (Å²) in [4.78, 5) is 12.5. The molecular weight excluding hydrogens is 288 g/mol. The highest BCUT2D eigenvalue weighted by Crippen LogP contribution is 2.64. The maximum absolute atomic E-state index is 12.5. The van der Waals surface area contributed by atoms with E-state index in [-0.39, 0.29) is 34.6 Å². The first-order valence-corrected chi connectivity index (χ1v) is 8.95. The number of hydrogen-bond acceptors (Lipinski definition) is 3. The van der Waals surface area contributed by atoms with Crippen molar-refractivity contribution in [2.75, 3.05) is 0 Å². The zero-order chi connectivity index (χ0) is 17.3. The summed E-state index contributed by atoms with van der Waals surface area (Å²) in [5.74, 6) is -0.101. The van der Waals surface area contributed by atoms with Crippen molar-refractivity contribution in [3.05, 3.63) is 12.2 Å². The molecule has 0 N–H and O–H groups in total. The van der Waals surface area contributed by atoms with Gasteiger partial charge in [-0.25, -0.2) is 0 Å². The monoisotopic (exact) mass is 320 g/mol. The minimum atomic E-state index is -0.470. The van der Waals surface area contributed by atoms with Crippen LogP contribution in [0.15, 0.2) is 12.2 Å². The summed E-state index contributed by atoms with van der Waals surface area (Å²) >= 11 is 0. The van der Waals surface area contributed by atoms with Gasteiger partial charge in [0.15, 0.2) is 0 Å². The van der Waals surface area contributed by atoms with E-state index in [1.165, 1.54) is 5.57 Å². The molecule has 0 radical (unpaired) electrons. The molecule has 0 unspecified atom stereocenters. The number of fused-ring (bicyclic) bond motifs is 1. The third kappa shape index (κ3) is 2.56. The van der Waals surface area contributed by atoms with Gasteiger partial charge in [-0.15, -0.1) is 0 Å². The van der Waals surface area contributed by atoms with Crippen LogP contribution in [0.4, 0.5) is 0 Å². The van der Waals surface area contributed by atoms with Crippen molar-refractivity contribution < 1.29 is 14.3 Å². The van der Waals surface area contributed by atoms with Crippen LogP contribution in [0.3, 0.4) is 0 Å². The summed E-state index contributed by atoms with van der Waals surface area (Å²) in [6.45, 7) is 16.8. The van der Waals surface area contributed by atoms with Crippen molar-refractivity contribution in [1.29, 1.82) is 0 Å². The van der Waals surface area contributed by atoms with E-state index in [0.29, 0.717) is 0 Å². The van der Waals surface area contributed by atoms with Crippen LogP contribution in [-0.2, 0) is 14.3 Å². The number of carbonyl (C=O) groups is 1. The van der Waals surface area contributed by atoms with Gasteiger partial charge in [0.05, 0.1) is 17.1 Å². The number of rotatable bonds is 1. The van der Waals surface area contributed by atoms with E-state index in [2.05, 4.69) is 27.4 Å². The van der Waals surface area contributed by atoms with Crippen LogP contribution < -0.4 is 0 Å². The molecular formula is C20H32O3. The van der Waals surface area contributed by atoms with Gasteiger partial charge in [0.2, 0.25) is 0 Å². The van der Waals surface area contributed by atoms with Gasteiger partial charge in [0.25, 0.3) is 0 Å². The molecule has 1 aliphatic carbocycles. The maximum atomic E-state index is 12.5. The van der Waals surface area contributed by atoms with Gasteiger partial charge in [-0.2, -0.15) is 0 Å². The predicted molar refractivity (Wildman–Crippen MR) is 91.1 cm³/mol. The Morgan fingerprint density at radius 3 is 2.57 bits per heavy atom. The Morgan fingerprint density at radius 1 is 1.30 bits per heavy atom. The van der Waals surface area contributed by atoms with Crippen LogP contribution in [0.2, 0.25) is 0 Å². The van der Waals surface area contributed by atoms with Gasteiger partial charge in [0, 0.05) is 11.8 Å². The van der Waals surface area contributed by atoms with Gasteiger partial charge in [-0.3, -0.25) is 4.79 Å². The first kappa shape index (κ1) is 17.0. The number of hydrogen-bond donors (Lipinski definition) is 0. The second-order valence-corrected chi connectivity index (χ2v) is 10.1. The molecule has 3 heteroatoms. The molecule has 2 bridgehead atoms. The highest BCUT2D eigenvalue weighted by atomic mass is 16.6. The average Bonchev–Trinajstić information content (AvgIpc) is 2.64. The second-order valence-electron chi connectivity index (χ2n) is 10.1. The molecule has 1 spiro atoms.